The molecule has 0 spiro atoms. The third kappa shape index (κ3) is 1.70. The molecule has 74 valence electrons. The zero-order chi connectivity index (χ0) is 9.97. The second-order valence-corrected chi connectivity index (χ2v) is 2.87. The van der Waals surface area contributed by atoms with Crippen molar-refractivity contribution in [1.82, 2.24) is 29.8 Å². The van der Waals surface area contributed by atoms with E-state index >= 15 is 0 Å². The summed E-state index contributed by atoms with van der Waals surface area (Å²) in [5.41, 5.74) is 6.22. The van der Waals surface area contributed by atoms with Gasteiger partial charge in [-0.15, -0.1) is 10.2 Å². The number of rotatable bonds is 3. The predicted molar refractivity (Wildman–Crippen MR) is 49.2 cm³/mol. The molecule has 0 aliphatic heterocycles. The van der Waals surface area contributed by atoms with Gasteiger partial charge in [0.05, 0.1) is 12.7 Å². The van der Waals surface area contributed by atoms with E-state index in [9.17, 15) is 0 Å². The lowest BCUT2D eigenvalue weighted by atomic mass is 10.5. The van der Waals surface area contributed by atoms with Gasteiger partial charge >= 0.3 is 0 Å². The van der Waals surface area contributed by atoms with Gasteiger partial charge in [-0.1, -0.05) is 5.21 Å². The highest BCUT2D eigenvalue weighted by molar-refractivity contribution is 5.09. The minimum Gasteiger partial charge on any atom is -0.367 e. The molecule has 2 N–H and O–H groups in total. The summed E-state index contributed by atoms with van der Waals surface area (Å²) >= 11 is 0. The summed E-state index contributed by atoms with van der Waals surface area (Å²) in [4.78, 5) is 3.81. The summed E-state index contributed by atoms with van der Waals surface area (Å²) in [7, 11) is 0. The molecule has 0 aliphatic rings. The second-order valence-electron chi connectivity index (χ2n) is 2.87. The van der Waals surface area contributed by atoms with E-state index in [1.165, 1.54) is 0 Å². The fourth-order valence-corrected chi connectivity index (χ4v) is 1.12. The lowest BCUT2D eigenvalue weighted by molar-refractivity contribution is 0.625. The lowest BCUT2D eigenvalue weighted by Gasteiger charge is -1.93. The van der Waals surface area contributed by atoms with Crippen molar-refractivity contribution < 1.29 is 0 Å². The first-order valence-electron chi connectivity index (χ1n) is 4.32. The predicted octanol–water partition coefficient (Wildman–Crippen LogP) is -0.480. The van der Waals surface area contributed by atoms with Crippen molar-refractivity contribution >= 4 is 5.95 Å². The van der Waals surface area contributed by atoms with Gasteiger partial charge in [0.1, 0.15) is 12.0 Å². The Morgan fingerprint density at radius 3 is 2.86 bits per heavy atom. The summed E-state index contributed by atoms with van der Waals surface area (Å²) in [6.45, 7) is 3.36. The Bertz CT molecular complexity index is 415. The van der Waals surface area contributed by atoms with Crippen LogP contribution >= 0.6 is 0 Å². The van der Waals surface area contributed by atoms with Gasteiger partial charge in [-0.3, -0.25) is 4.68 Å². The van der Waals surface area contributed by atoms with Gasteiger partial charge in [0.25, 0.3) is 0 Å². The molecule has 2 heterocycles. The monoisotopic (exact) mass is 193 g/mol. The molecular formula is C7H11N7. The average molecular weight is 193 g/mol. The standard InChI is InChI=1S/C7H11N7/c1-2-13-3-6(10-12-13)4-14-5-9-7(8)11-14/h3,5H,2,4H2,1H3,(H2,8,11). The minimum atomic E-state index is 0.271. The third-order valence-electron chi connectivity index (χ3n) is 1.79. The van der Waals surface area contributed by atoms with E-state index < -0.39 is 0 Å². The number of nitrogen functional groups attached to an aromatic ring is 1. The van der Waals surface area contributed by atoms with Crippen molar-refractivity contribution in [3.63, 3.8) is 0 Å². The van der Waals surface area contributed by atoms with Crippen LogP contribution in [0.1, 0.15) is 12.6 Å². The molecule has 0 atom stereocenters. The summed E-state index contributed by atoms with van der Waals surface area (Å²) in [6, 6.07) is 0. The zero-order valence-electron chi connectivity index (χ0n) is 7.83. The number of hydrogen-bond acceptors (Lipinski definition) is 5. The van der Waals surface area contributed by atoms with E-state index in [0.717, 1.165) is 12.2 Å². The van der Waals surface area contributed by atoms with Gasteiger partial charge in [-0.25, -0.2) is 9.67 Å². The van der Waals surface area contributed by atoms with Crippen LogP contribution in [-0.4, -0.2) is 29.8 Å². The van der Waals surface area contributed by atoms with E-state index in [-0.39, 0.29) is 5.95 Å². The Balaban J connectivity index is 2.10. The van der Waals surface area contributed by atoms with Crippen LogP contribution in [0.2, 0.25) is 0 Å². The van der Waals surface area contributed by atoms with Crippen LogP contribution in [-0.2, 0) is 13.1 Å². The number of nitrogens with two attached hydrogens (primary N) is 1. The van der Waals surface area contributed by atoms with E-state index in [2.05, 4.69) is 20.4 Å². The lowest BCUT2D eigenvalue weighted by Crippen LogP contribution is -2.01. The fraction of sp³-hybridized carbons (Fsp3) is 0.429. The van der Waals surface area contributed by atoms with Crippen LogP contribution in [0.3, 0.4) is 0 Å². The molecule has 7 heteroatoms. The molecule has 0 aromatic carbocycles. The number of aromatic nitrogens is 6. The zero-order valence-corrected chi connectivity index (χ0v) is 7.83. The molecule has 0 unspecified atom stereocenters. The van der Waals surface area contributed by atoms with Crippen LogP contribution in [0, 0.1) is 0 Å². The number of nitrogens with zero attached hydrogens (tertiary/aromatic N) is 6. The van der Waals surface area contributed by atoms with Crippen molar-refractivity contribution in [2.45, 2.75) is 20.0 Å². The first-order valence-corrected chi connectivity index (χ1v) is 4.32. The summed E-state index contributed by atoms with van der Waals surface area (Å²) in [5.74, 6) is 0.271. The maximum absolute atomic E-state index is 5.38. The second kappa shape index (κ2) is 3.44. The average Bonchev–Trinajstić information content (AvgIpc) is 2.76. The van der Waals surface area contributed by atoms with Crippen LogP contribution in [0.4, 0.5) is 5.95 Å². The van der Waals surface area contributed by atoms with Crippen LogP contribution in [0.5, 0.6) is 0 Å². The highest BCUT2D eigenvalue weighted by atomic mass is 15.4. The van der Waals surface area contributed by atoms with E-state index in [4.69, 9.17) is 5.73 Å². The first kappa shape index (κ1) is 8.67. The number of anilines is 1. The smallest absolute Gasteiger partial charge is 0.239 e. The maximum atomic E-state index is 5.38. The normalized spacial score (nSPS) is 10.6. The molecule has 2 aromatic rings. The molecule has 7 nitrogen and oxygen atoms in total. The van der Waals surface area contributed by atoms with Crippen molar-refractivity contribution in [2.24, 2.45) is 0 Å². The van der Waals surface area contributed by atoms with Gasteiger partial charge in [-0.2, -0.15) is 0 Å². The number of aryl methyl sites for hydroxylation is 1. The van der Waals surface area contributed by atoms with Crippen molar-refractivity contribution in [3.05, 3.63) is 18.2 Å². The van der Waals surface area contributed by atoms with Crippen molar-refractivity contribution in [2.75, 3.05) is 5.73 Å². The molecule has 0 saturated heterocycles. The van der Waals surface area contributed by atoms with Gasteiger partial charge in [0, 0.05) is 6.54 Å². The molecule has 0 aliphatic carbocycles. The highest BCUT2D eigenvalue weighted by Crippen LogP contribution is 1.97. The van der Waals surface area contributed by atoms with Crippen molar-refractivity contribution in [1.29, 1.82) is 0 Å². The van der Waals surface area contributed by atoms with Crippen molar-refractivity contribution in [3.8, 4) is 0 Å². The van der Waals surface area contributed by atoms with Crippen LogP contribution in [0.25, 0.3) is 0 Å². The Morgan fingerprint density at radius 1 is 1.43 bits per heavy atom. The molecule has 14 heavy (non-hydrogen) atoms. The molecule has 2 rings (SSSR count). The van der Waals surface area contributed by atoms with Crippen LogP contribution in [0.15, 0.2) is 12.5 Å². The van der Waals surface area contributed by atoms with Gasteiger partial charge in [0.2, 0.25) is 5.95 Å². The molecule has 0 saturated carbocycles. The minimum absolute atomic E-state index is 0.271. The highest BCUT2D eigenvalue weighted by Gasteiger charge is 2.02. The molecule has 0 radical (unpaired) electrons. The molecule has 0 bridgehead atoms. The van der Waals surface area contributed by atoms with E-state index in [1.807, 2.05) is 13.1 Å². The van der Waals surface area contributed by atoms with Gasteiger partial charge < -0.3 is 5.73 Å². The Kier molecular flexibility index (Phi) is 2.13. The molecular weight excluding hydrogens is 182 g/mol. The SMILES string of the molecule is CCn1cc(Cn2cnc(N)n2)nn1. The van der Waals surface area contributed by atoms with E-state index in [0.29, 0.717) is 6.54 Å². The maximum Gasteiger partial charge on any atom is 0.239 e. The summed E-state index contributed by atoms with van der Waals surface area (Å²) in [5, 5.41) is 11.8. The molecule has 0 fully saturated rings. The topological polar surface area (TPSA) is 87.4 Å². The molecule has 2 aromatic heterocycles. The number of hydrogen-bond donors (Lipinski definition) is 1. The van der Waals surface area contributed by atoms with E-state index in [1.54, 1.807) is 15.7 Å². The first-order chi connectivity index (χ1) is 6.78. The van der Waals surface area contributed by atoms with Gasteiger partial charge in [0.15, 0.2) is 0 Å². The quantitative estimate of drug-likeness (QED) is 0.711. The van der Waals surface area contributed by atoms with Gasteiger partial charge in [-0.05, 0) is 6.92 Å². The van der Waals surface area contributed by atoms with Crippen LogP contribution < -0.4 is 5.73 Å². The third-order valence-corrected chi connectivity index (χ3v) is 1.79. The fourth-order valence-electron chi connectivity index (χ4n) is 1.12. The Hall–Kier alpha value is -1.92. The Morgan fingerprint density at radius 2 is 2.29 bits per heavy atom. The summed E-state index contributed by atoms with van der Waals surface area (Å²) in [6.07, 6.45) is 3.44. The molecule has 0 amide bonds. The summed E-state index contributed by atoms with van der Waals surface area (Å²) < 4.78 is 3.38. The largest absolute Gasteiger partial charge is 0.367 e. The Labute approximate surface area is 80.5 Å².